The first-order chi connectivity index (χ1) is 6.93. The average Bonchev–Trinajstić information content (AvgIpc) is 1.76. The minimum Gasteiger partial charge on any atom is -0.321 e. The summed E-state index contributed by atoms with van der Waals surface area (Å²) in [6.45, 7) is 0. The van der Waals surface area contributed by atoms with Crippen LogP contribution in [0.15, 0.2) is 0 Å². The summed E-state index contributed by atoms with van der Waals surface area (Å²) in [6, 6.07) is 0. The molecular weight excluding hydrogens is 531 g/mol. The van der Waals surface area contributed by atoms with E-state index in [0.29, 0.717) is 0 Å². The van der Waals surface area contributed by atoms with Crippen LogP contribution in [0.25, 0.3) is 0 Å². The maximum atomic E-state index is 8.52. The first-order valence-corrected chi connectivity index (χ1v) is 5.73. The van der Waals surface area contributed by atoms with Crippen molar-refractivity contribution >= 4 is 0 Å². The minimum atomic E-state index is -2.60. The second-order valence-electron chi connectivity index (χ2n) is 0.804. The Bertz CT molecular complexity index is 61.5. The molecule has 0 aliphatic rings. The summed E-state index contributed by atoms with van der Waals surface area (Å²) < 4.78 is 95.9. The molecule has 0 aromatic carbocycles. The van der Waals surface area contributed by atoms with Crippen molar-refractivity contribution in [3.63, 3.8) is 0 Å². The van der Waals surface area contributed by atoms with Gasteiger partial charge in [-0.2, -0.15) is 0 Å². The maximum absolute atomic E-state index is 8.52. The summed E-state index contributed by atoms with van der Waals surface area (Å²) in [5.74, 6) is 0. The van der Waals surface area contributed by atoms with Gasteiger partial charge in [0, 0.05) is 41.0 Å². The molecule has 12 nitrogen and oxygen atoms in total. The third-order valence-corrected chi connectivity index (χ3v) is 0. The van der Waals surface area contributed by atoms with Crippen molar-refractivity contribution in [1.82, 2.24) is 0 Å². The molecule has 0 bridgehead atoms. The predicted molar refractivity (Wildman–Crippen MR) is 8.88 cm³/mol. The van der Waals surface area contributed by atoms with Gasteiger partial charge in [0.2, 0.25) is 0 Å². The van der Waals surface area contributed by atoms with E-state index in [-0.39, 0.29) is 22.4 Å². The Labute approximate surface area is 121 Å². The summed E-state index contributed by atoms with van der Waals surface area (Å²) in [6.07, 6.45) is 0. The Kier molecular flexibility index (Phi) is 47.6. The summed E-state index contributed by atoms with van der Waals surface area (Å²) in [5, 5.41) is 0. The maximum Gasteiger partial charge on any atom is 0.282 e. The Balaban J connectivity index is -0.0000000369. The molecule has 0 atom stereocenters. The van der Waals surface area contributed by atoms with E-state index in [1.54, 1.807) is 0 Å². The molecule has 4 N–H and O–H groups in total. The molecular formula is H4AuCl4O12. The first kappa shape index (κ1) is 31.0. The average molecular weight is 535 g/mol. The van der Waals surface area contributed by atoms with Crippen molar-refractivity contribution in [2.75, 3.05) is 0 Å². The van der Waals surface area contributed by atoms with Gasteiger partial charge in [0.25, 0.3) is 43.1 Å². The van der Waals surface area contributed by atoms with E-state index >= 15 is 0 Å². The van der Waals surface area contributed by atoms with Gasteiger partial charge in [0.05, 0.1) is 0 Å². The molecule has 0 saturated heterocycles. The third-order valence-electron chi connectivity index (χ3n) is 0. The van der Waals surface area contributed by atoms with E-state index in [1.165, 1.54) is 0 Å². The monoisotopic (exact) mass is 533 g/mol. The van der Waals surface area contributed by atoms with Gasteiger partial charge < -0.3 is 37.3 Å². The SMILES string of the molecule is [Au].[O-][Cl+2]([O-])O.[O-][Cl+2]([O-])O.[O-][Cl+2]([O-])O.[O-][Cl+2]([O-])O. The standard InChI is InChI=1S/Au.4ClHO3/c;4*2-1(3)4/h;4*2H. The van der Waals surface area contributed by atoms with Crippen molar-refractivity contribution in [2.45, 2.75) is 0 Å². The summed E-state index contributed by atoms with van der Waals surface area (Å²) in [5.41, 5.74) is 0. The normalized spacial score (nSPS) is 8.47. The topological polar surface area (TPSA) is 265 Å². The Morgan fingerprint density at radius 3 is 0.412 bits per heavy atom. The number of halogens is 4. The van der Waals surface area contributed by atoms with Gasteiger partial charge in [-0.15, -0.1) is 0 Å². The second kappa shape index (κ2) is 26.1. The molecule has 0 amide bonds. The van der Waals surface area contributed by atoms with Crippen molar-refractivity contribution in [2.24, 2.45) is 0 Å². The number of rotatable bonds is 0. The number of hydrogen-bond acceptors (Lipinski definition) is 12. The van der Waals surface area contributed by atoms with Crippen LogP contribution in [-0.4, -0.2) is 18.6 Å². The molecule has 0 heterocycles. The largest absolute Gasteiger partial charge is 0.321 e. The molecule has 1 radical (unpaired) electrons. The van der Waals surface area contributed by atoms with Gasteiger partial charge in [-0.05, 0) is 0 Å². The molecule has 0 spiro atoms. The molecule has 115 valence electrons. The van der Waals surface area contributed by atoms with Crippen LogP contribution in [0.2, 0.25) is 0 Å². The van der Waals surface area contributed by atoms with Gasteiger partial charge >= 0.3 is 0 Å². The Hall–Kier alpha value is 1.42. The van der Waals surface area contributed by atoms with Gasteiger partial charge in [-0.25, -0.2) is 0 Å². The van der Waals surface area contributed by atoms with Crippen molar-refractivity contribution in [3.05, 3.63) is 0 Å². The first-order valence-electron chi connectivity index (χ1n) is 1.91. The molecule has 0 aromatic rings. The van der Waals surface area contributed by atoms with E-state index < -0.39 is 43.1 Å². The molecule has 17 heavy (non-hydrogen) atoms. The molecule has 0 aromatic heterocycles. The van der Waals surface area contributed by atoms with Crippen LogP contribution in [0, 0.1) is 43.1 Å². The van der Waals surface area contributed by atoms with Gasteiger partial charge in [0.15, 0.2) is 0 Å². The summed E-state index contributed by atoms with van der Waals surface area (Å²) in [4.78, 5) is 0. The van der Waals surface area contributed by atoms with Crippen LogP contribution in [0.5, 0.6) is 0 Å². The van der Waals surface area contributed by atoms with E-state index in [9.17, 15) is 0 Å². The molecule has 0 aliphatic carbocycles. The van der Waals surface area contributed by atoms with Crippen LogP contribution in [-0.2, 0) is 22.4 Å². The van der Waals surface area contributed by atoms with E-state index in [4.69, 9.17) is 55.9 Å². The quantitative estimate of drug-likeness (QED) is 0.211. The van der Waals surface area contributed by atoms with E-state index in [0.717, 1.165) is 0 Å². The Morgan fingerprint density at radius 2 is 0.412 bits per heavy atom. The molecule has 0 aliphatic heterocycles. The zero-order chi connectivity index (χ0) is 14.3. The van der Waals surface area contributed by atoms with Crippen LogP contribution >= 0.6 is 0 Å². The van der Waals surface area contributed by atoms with Gasteiger partial charge in [-0.1, -0.05) is 0 Å². The molecule has 0 saturated carbocycles. The van der Waals surface area contributed by atoms with Crippen LogP contribution < -0.4 is 37.3 Å². The second-order valence-corrected chi connectivity index (χ2v) is 2.41. The fourth-order valence-electron chi connectivity index (χ4n) is 0. The zero-order valence-corrected chi connectivity index (χ0v) is 12.1. The Morgan fingerprint density at radius 1 is 0.412 bits per heavy atom. The van der Waals surface area contributed by atoms with Gasteiger partial charge in [-0.3, -0.25) is 0 Å². The van der Waals surface area contributed by atoms with E-state index in [2.05, 4.69) is 0 Å². The predicted octanol–water partition coefficient (Wildman–Crippen LogP) is -11.7. The van der Waals surface area contributed by atoms with Crippen molar-refractivity contribution < 1.29 is 121 Å². The smallest absolute Gasteiger partial charge is 0.282 e. The summed E-state index contributed by atoms with van der Waals surface area (Å²) in [7, 11) is -10.4. The van der Waals surface area contributed by atoms with Crippen LogP contribution in [0.4, 0.5) is 0 Å². The third kappa shape index (κ3) is 2050. The molecule has 17 heteroatoms. The molecule has 0 rings (SSSR count). The molecule has 0 fully saturated rings. The van der Waals surface area contributed by atoms with Crippen molar-refractivity contribution in [3.8, 4) is 0 Å². The van der Waals surface area contributed by atoms with Crippen molar-refractivity contribution in [1.29, 1.82) is 0 Å². The zero-order valence-electron chi connectivity index (χ0n) is 6.87. The number of hydrogen-bond donors (Lipinski definition) is 4. The minimum absolute atomic E-state index is 0. The fraction of sp³-hybridized carbons (Fsp3) is 0. The van der Waals surface area contributed by atoms with Gasteiger partial charge in [0.1, 0.15) is 0 Å². The summed E-state index contributed by atoms with van der Waals surface area (Å²) >= 11 is 0. The molecule has 0 unspecified atom stereocenters. The van der Waals surface area contributed by atoms with Crippen LogP contribution in [0.3, 0.4) is 0 Å². The van der Waals surface area contributed by atoms with Crippen LogP contribution in [0.1, 0.15) is 0 Å². The van der Waals surface area contributed by atoms with E-state index in [1.807, 2.05) is 0 Å². The fourth-order valence-corrected chi connectivity index (χ4v) is 0.